The molecule has 6 heteroatoms. The average molecular weight is 265 g/mol. The van der Waals surface area contributed by atoms with Gasteiger partial charge in [-0.2, -0.15) is 0 Å². The van der Waals surface area contributed by atoms with Crippen LogP contribution in [0.1, 0.15) is 5.69 Å². The SMILES string of the molecule is Cc1nc(N)sc1-c1cn2cc(Cl)ccc2n1. The molecule has 0 radical (unpaired) electrons. The lowest BCUT2D eigenvalue weighted by Gasteiger charge is -1.91. The first-order valence-electron chi connectivity index (χ1n) is 5.01. The highest BCUT2D eigenvalue weighted by Crippen LogP contribution is 2.30. The van der Waals surface area contributed by atoms with Crippen molar-refractivity contribution in [2.75, 3.05) is 5.73 Å². The molecular formula is C11H9ClN4S. The molecule has 0 aliphatic carbocycles. The first-order chi connectivity index (χ1) is 8.13. The van der Waals surface area contributed by atoms with Crippen molar-refractivity contribution in [2.24, 2.45) is 0 Å². The highest BCUT2D eigenvalue weighted by atomic mass is 35.5. The van der Waals surface area contributed by atoms with Crippen LogP contribution in [0.2, 0.25) is 5.02 Å². The zero-order valence-corrected chi connectivity index (χ0v) is 10.6. The van der Waals surface area contributed by atoms with Crippen LogP contribution in [0.5, 0.6) is 0 Å². The number of hydrogen-bond acceptors (Lipinski definition) is 4. The molecule has 0 amide bonds. The van der Waals surface area contributed by atoms with E-state index in [4.69, 9.17) is 17.3 Å². The summed E-state index contributed by atoms with van der Waals surface area (Å²) in [4.78, 5) is 9.72. The van der Waals surface area contributed by atoms with Crippen LogP contribution in [0.3, 0.4) is 0 Å². The molecule has 0 aliphatic rings. The van der Waals surface area contributed by atoms with E-state index >= 15 is 0 Å². The Bertz CT molecular complexity index is 701. The molecule has 0 unspecified atom stereocenters. The number of anilines is 1. The Hall–Kier alpha value is -1.59. The van der Waals surface area contributed by atoms with Gasteiger partial charge in [-0.25, -0.2) is 9.97 Å². The second kappa shape index (κ2) is 3.72. The Labute approximate surface area is 107 Å². The Morgan fingerprint density at radius 2 is 2.12 bits per heavy atom. The average Bonchev–Trinajstić information content (AvgIpc) is 2.80. The van der Waals surface area contributed by atoms with Crippen molar-refractivity contribution in [2.45, 2.75) is 6.92 Å². The lowest BCUT2D eigenvalue weighted by atomic mass is 10.3. The fraction of sp³-hybridized carbons (Fsp3) is 0.0909. The molecule has 2 N–H and O–H groups in total. The summed E-state index contributed by atoms with van der Waals surface area (Å²) in [6, 6.07) is 3.70. The number of thiazole rings is 1. The lowest BCUT2D eigenvalue weighted by Crippen LogP contribution is -1.81. The van der Waals surface area contributed by atoms with Gasteiger partial charge in [0.25, 0.3) is 0 Å². The molecule has 0 aliphatic heterocycles. The van der Waals surface area contributed by atoms with Gasteiger partial charge in [0.1, 0.15) is 11.3 Å². The number of halogens is 1. The predicted octanol–water partition coefficient (Wildman–Crippen LogP) is 3.00. The third-order valence-corrected chi connectivity index (χ3v) is 3.69. The van der Waals surface area contributed by atoms with E-state index in [-0.39, 0.29) is 0 Å². The van der Waals surface area contributed by atoms with Crippen molar-refractivity contribution in [1.82, 2.24) is 14.4 Å². The normalized spacial score (nSPS) is 11.2. The highest BCUT2D eigenvalue weighted by Gasteiger charge is 2.11. The molecule has 3 aromatic rings. The predicted molar refractivity (Wildman–Crippen MR) is 70.5 cm³/mol. The molecule has 0 saturated carbocycles. The van der Waals surface area contributed by atoms with Gasteiger partial charge in [0.2, 0.25) is 0 Å². The highest BCUT2D eigenvalue weighted by molar-refractivity contribution is 7.18. The number of aromatic nitrogens is 3. The summed E-state index contributed by atoms with van der Waals surface area (Å²) in [5.41, 5.74) is 8.32. The summed E-state index contributed by atoms with van der Waals surface area (Å²) in [5.74, 6) is 0. The first-order valence-corrected chi connectivity index (χ1v) is 6.20. The number of nitrogens with zero attached hydrogens (tertiary/aromatic N) is 3. The van der Waals surface area contributed by atoms with Crippen molar-refractivity contribution in [1.29, 1.82) is 0 Å². The lowest BCUT2D eigenvalue weighted by molar-refractivity contribution is 1.19. The van der Waals surface area contributed by atoms with Crippen LogP contribution in [0, 0.1) is 6.92 Å². The van der Waals surface area contributed by atoms with Crippen molar-refractivity contribution >= 4 is 33.7 Å². The molecule has 0 fully saturated rings. The molecule has 17 heavy (non-hydrogen) atoms. The van der Waals surface area contributed by atoms with E-state index in [1.807, 2.05) is 35.9 Å². The smallest absolute Gasteiger partial charge is 0.180 e. The maximum Gasteiger partial charge on any atom is 0.180 e. The minimum atomic E-state index is 0.563. The molecule has 3 aromatic heterocycles. The number of pyridine rings is 1. The van der Waals surface area contributed by atoms with Crippen molar-refractivity contribution < 1.29 is 0 Å². The Morgan fingerprint density at radius 3 is 2.82 bits per heavy atom. The topological polar surface area (TPSA) is 56.2 Å². The number of fused-ring (bicyclic) bond motifs is 1. The van der Waals surface area contributed by atoms with Crippen LogP contribution in [-0.4, -0.2) is 14.4 Å². The zero-order chi connectivity index (χ0) is 12.0. The van der Waals surface area contributed by atoms with E-state index in [9.17, 15) is 0 Å². The minimum Gasteiger partial charge on any atom is -0.375 e. The van der Waals surface area contributed by atoms with Gasteiger partial charge in [-0.15, -0.1) is 0 Å². The summed E-state index contributed by atoms with van der Waals surface area (Å²) in [6.07, 6.45) is 3.76. The summed E-state index contributed by atoms with van der Waals surface area (Å²) >= 11 is 7.38. The van der Waals surface area contributed by atoms with E-state index in [2.05, 4.69) is 9.97 Å². The molecular weight excluding hydrogens is 256 g/mol. The molecule has 86 valence electrons. The van der Waals surface area contributed by atoms with Gasteiger partial charge in [0.15, 0.2) is 5.13 Å². The van der Waals surface area contributed by atoms with Gasteiger partial charge in [-0.05, 0) is 19.1 Å². The van der Waals surface area contributed by atoms with Crippen LogP contribution < -0.4 is 5.73 Å². The molecule has 3 heterocycles. The number of nitrogen functional groups attached to an aromatic ring is 1. The monoisotopic (exact) mass is 264 g/mol. The molecule has 0 aromatic carbocycles. The second-order valence-corrected chi connectivity index (χ2v) is 5.17. The number of rotatable bonds is 1. The molecule has 3 rings (SSSR count). The number of hydrogen-bond donors (Lipinski definition) is 1. The van der Waals surface area contributed by atoms with Gasteiger partial charge in [-0.3, -0.25) is 0 Å². The molecule has 0 bridgehead atoms. The van der Waals surface area contributed by atoms with Gasteiger partial charge < -0.3 is 10.1 Å². The Balaban J connectivity index is 2.21. The van der Waals surface area contributed by atoms with Crippen LogP contribution in [0.15, 0.2) is 24.5 Å². The fourth-order valence-electron chi connectivity index (χ4n) is 1.73. The van der Waals surface area contributed by atoms with Crippen LogP contribution in [-0.2, 0) is 0 Å². The summed E-state index contributed by atoms with van der Waals surface area (Å²) in [7, 11) is 0. The van der Waals surface area contributed by atoms with Gasteiger partial charge in [0.05, 0.1) is 15.6 Å². The van der Waals surface area contributed by atoms with E-state index < -0.39 is 0 Å². The largest absolute Gasteiger partial charge is 0.375 e. The fourth-order valence-corrected chi connectivity index (χ4v) is 2.69. The molecule has 0 saturated heterocycles. The third-order valence-electron chi connectivity index (χ3n) is 2.46. The quantitative estimate of drug-likeness (QED) is 0.735. The van der Waals surface area contributed by atoms with E-state index in [1.54, 1.807) is 0 Å². The summed E-state index contributed by atoms with van der Waals surface area (Å²) in [5, 5.41) is 1.24. The summed E-state index contributed by atoms with van der Waals surface area (Å²) < 4.78 is 1.90. The van der Waals surface area contributed by atoms with Gasteiger partial charge in [-0.1, -0.05) is 22.9 Å². The second-order valence-electron chi connectivity index (χ2n) is 3.71. The molecule has 0 atom stereocenters. The molecule has 4 nitrogen and oxygen atoms in total. The zero-order valence-electron chi connectivity index (χ0n) is 9.01. The summed E-state index contributed by atoms with van der Waals surface area (Å²) in [6.45, 7) is 1.93. The standard InChI is InChI=1S/C11H9ClN4S/c1-6-10(17-11(13)14-6)8-5-16-4-7(12)2-3-9(16)15-8/h2-5H,1H3,(H2,13,14). The Kier molecular flexibility index (Phi) is 2.31. The molecule has 0 spiro atoms. The van der Waals surface area contributed by atoms with Crippen molar-refractivity contribution in [3.05, 3.63) is 35.2 Å². The van der Waals surface area contributed by atoms with Crippen LogP contribution in [0.4, 0.5) is 5.13 Å². The van der Waals surface area contributed by atoms with Crippen LogP contribution >= 0.6 is 22.9 Å². The van der Waals surface area contributed by atoms with E-state index in [1.165, 1.54) is 11.3 Å². The van der Waals surface area contributed by atoms with Crippen molar-refractivity contribution in [3.63, 3.8) is 0 Å². The van der Waals surface area contributed by atoms with E-state index in [0.29, 0.717) is 10.2 Å². The van der Waals surface area contributed by atoms with Gasteiger partial charge >= 0.3 is 0 Å². The first kappa shape index (κ1) is 10.6. The maximum absolute atomic E-state index is 5.93. The third kappa shape index (κ3) is 1.77. The number of aryl methyl sites for hydroxylation is 1. The van der Waals surface area contributed by atoms with Crippen molar-refractivity contribution in [3.8, 4) is 10.6 Å². The van der Waals surface area contributed by atoms with E-state index in [0.717, 1.165) is 21.9 Å². The van der Waals surface area contributed by atoms with Crippen LogP contribution in [0.25, 0.3) is 16.2 Å². The number of nitrogens with two attached hydrogens (primary N) is 1. The van der Waals surface area contributed by atoms with Gasteiger partial charge in [0, 0.05) is 12.4 Å². The number of imidazole rings is 1. The maximum atomic E-state index is 5.93. The minimum absolute atomic E-state index is 0.563. The Morgan fingerprint density at radius 1 is 1.29 bits per heavy atom.